The number of aliphatic hydroxyl groups excluding tert-OH is 3. The fraction of sp³-hybridized carbons (Fsp3) is 0.909. The number of rotatable bonds is 3. The molecule has 7 heteroatoms. The lowest BCUT2D eigenvalue weighted by Gasteiger charge is -2.37. The average Bonchev–Trinajstić information content (AvgIpc) is 2.27. The minimum Gasteiger partial charge on any atom is -0.479 e. The molecule has 0 spiro atoms. The van der Waals surface area contributed by atoms with E-state index in [9.17, 15) is 9.90 Å². The second-order valence-electron chi connectivity index (χ2n) is 4.15. The minimum atomic E-state index is -2.14. The molecule has 0 aromatic rings. The third kappa shape index (κ3) is 4.87. The summed E-state index contributed by atoms with van der Waals surface area (Å²) in [5, 5.41) is 45.2. The predicted octanol–water partition coefficient (Wildman–Crippen LogP) is -1.28. The van der Waals surface area contributed by atoms with Crippen LogP contribution in [0.5, 0.6) is 0 Å². The molecule has 4 atom stereocenters. The number of hydrogen-bond acceptors (Lipinski definition) is 6. The molecule has 3 unspecified atom stereocenters. The van der Waals surface area contributed by atoms with Crippen molar-refractivity contribution in [2.45, 2.75) is 50.6 Å². The van der Waals surface area contributed by atoms with Gasteiger partial charge < -0.3 is 30.3 Å². The van der Waals surface area contributed by atoms with Crippen molar-refractivity contribution in [3.63, 3.8) is 0 Å². The lowest BCUT2D eigenvalue weighted by Crippen LogP contribution is -2.56. The van der Waals surface area contributed by atoms with Crippen LogP contribution in [0.1, 0.15) is 26.7 Å². The molecule has 18 heavy (non-hydrogen) atoms. The Morgan fingerprint density at radius 1 is 1.17 bits per heavy atom. The first kappa shape index (κ1) is 17.3. The number of aliphatic carboxylic acids is 1. The van der Waals surface area contributed by atoms with Crippen molar-refractivity contribution < 1.29 is 35.1 Å². The standard InChI is InChI=1S/C7H12O6.C4H10O/c8-3-1-7(13,6(11)12)2-4(9)5(3)10;1-3-5-4-2/h3-5,8-10,13H,1-2H2,(H,11,12);3-4H2,1-2H3/t3-,4?,5?,7?;/m1./s1. The van der Waals surface area contributed by atoms with Gasteiger partial charge in [0.2, 0.25) is 0 Å². The quantitative estimate of drug-likeness (QED) is 0.430. The first-order valence-corrected chi connectivity index (χ1v) is 5.86. The molecule has 108 valence electrons. The van der Waals surface area contributed by atoms with Gasteiger partial charge in [-0.3, -0.25) is 0 Å². The summed E-state index contributed by atoms with van der Waals surface area (Å²) in [5.41, 5.74) is -2.14. The second-order valence-corrected chi connectivity index (χ2v) is 4.15. The van der Waals surface area contributed by atoms with Crippen LogP contribution in [0.25, 0.3) is 0 Å². The van der Waals surface area contributed by atoms with Crippen LogP contribution in [0.4, 0.5) is 0 Å². The number of hydrogen-bond donors (Lipinski definition) is 5. The van der Waals surface area contributed by atoms with E-state index in [-0.39, 0.29) is 0 Å². The highest BCUT2D eigenvalue weighted by Crippen LogP contribution is 2.29. The Hall–Kier alpha value is -0.730. The first-order chi connectivity index (χ1) is 8.28. The van der Waals surface area contributed by atoms with Gasteiger partial charge in [0.1, 0.15) is 6.10 Å². The average molecular weight is 266 g/mol. The van der Waals surface area contributed by atoms with Crippen molar-refractivity contribution in [2.24, 2.45) is 0 Å². The largest absolute Gasteiger partial charge is 0.479 e. The molecule has 1 fully saturated rings. The molecule has 7 nitrogen and oxygen atoms in total. The molecule has 1 aliphatic rings. The highest BCUT2D eigenvalue weighted by molar-refractivity contribution is 5.77. The number of carbonyl (C=O) groups is 1. The lowest BCUT2D eigenvalue weighted by atomic mass is 9.80. The Bertz CT molecular complexity index is 242. The van der Waals surface area contributed by atoms with Gasteiger partial charge >= 0.3 is 5.97 Å². The van der Waals surface area contributed by atoms with Gasteiger partial charge in [0.25, 0.3) is 0 Å². The Morgan fingerprint density at radius 3 is 1.78 bits per heavy atom. The summed E-state index contributed by atoms with van der Waals surface area (Å²) in [4.78, 5) is 10.5. The van der Waals surface area contributed by atoms with Gasteiger partial charge in [-0.05, 0) is 13.8 Å². The van der Waals surface area contributed by atoms with Gasteiger partial charge in [-0.25, -0.2) is 4.79 Å². The topological polar surface area (TPSA) is 127 Å². The molecule has 0 aromatic heterocycles. The van der Waals surface area contributed by atoms with E-state index in [1.807, 2.05) is 13.8 Å². The number of aliphatic hydroxyl groups is 4. The van der Waals surface area contributed by atoms with Crippen LogP contribution in [0.15, 0.2) is 0 Å². The molecule has 1 saturated carbocycles. The molecule has 0 heterocycles. The summed E-state index contributed by atoms with van der Waals surface area (Å²) in [6.07, 6.45) is -5.16. The van der Waals surface area contributed by atoms with Gasteiger partial charge in [-0.1, -0.05) is 0 Å². The minimum absolute atomic E-state index is 0.472. The zero-order chi connectivity index (χ0) is 14.3. The van der Waals surface area contributed by atoms with E-state index in [4.69, 9.17) is 25.2 Å². The Morgan fingerprint density at radius 2 is 1.56 bits per heavy atom. The molecule has 1 aliphatic carbocycles. The normalized spacial score (nSPS) is 35.6. The maximum atomic E-state index is 10.5. The van der Waals surface area contributed by atoms with Gasteiger partial charge in [-0.15, -0.1) is 0 Å². The van der Waals surface area contributed by atoms with Gasteiger partial charge in [-0.2, -0.15) is 0 Å². The van der Waals surface area contributed by atoms with Crippen LogP contribution in [-0.2, 0) is 9.53 Å². The Balaban J connectivity index is 0.000000494. The smallest absolute Gasteiger partial charge is 0.335 e. The highest BCUT2D eigenvalue weighted by atomic mass is 16.5. The fourth-order valence-corrected chi connectivity index (χ4v) is 1.65. The second kappa shape index (κ2) is 7.65. The van der Waals surface area contributed by atoms with Crippen molar-refractivity contribution in [2.75, 3.05) is 13.2 Å². The van der Waals surface area contributed by atoms with Gasteiger partial charge in [0.05, 0.1) is 12.2 Å². The third-order valence-corrected chi connectivity index (χ3v) is 2.69. The fourth-order valence-electron chi connectivity index (χ4n) is 1.65. The summed E-state index contributed by atoms with van der Waals surface area (Å²) < 4.78 is 4.83. The molecule has 1 rings (SSSR count). The molecule has 0 aromatic carbocycles. The van der Waals surface area contributed by atoms with Crippen LogP contribution >= 0.6 is 0 Å². The predicted molar refractivity (Wildman–Crippen MR) is 62.0 cm³/mol. The maximum absolute atomic E-state index is 10.5. The van der Waals surface area contributed by atoms with Crippen LogP contribution < -0.4 is 0 Å². The first-order valence-electron chi connectivity index (χ1n) is 5.86. The van der Waals surface area contributed by atoms with Crippen molar-refractivity contribution in [3.8, 4) is 0 Å². The van der Waals surface area contributed by atoms with Crippen LogP contribution in [0.3, 0.4) is 0 Å². The molecule has 0 radical (unpaired) electrons. The van der Waals surface area contributed by atoms with E-state index in [1.54, 1.807) is 0 Å². The Kier molecular flexibility index (Phi) is 7.34. The van der Waals surface area contributed by atoms with Gasteiger partial charge in [0, 0.05) is 26.1 Å². The summed E-state index contributed by atoms with van der Waals surface area (Å²) >= 11 is 0. The maximum Gasteiger partial charge on any atom is 0.335 e. The van der Waals surface area contributed by atoms with E-state index in [2.05, 4.69) is 0 Å². The zero-order valence-corrected chi connectivity index (χ0v) is 10.6. The summed E-state index contributed by atoms with van der Waals surface area (Å²) in [6, 6.07) is 0. The molecular formula is C11H22O7. The van der Waals surface area contributed by atoms with Crippen molar-refractivity contribution in [1.82, 2.24) is 0 Å². The SMILES string of the molecule is CCOCC.O=C(O)C1(O)CC(O)C(O)[C@H](O)C1. The monoisotopic (exact) mass is 266 g/mol. The summed E-state index contributed by atoms with van der Waals surface area (Å²) in [6.45, 7) is 5.67. The number of ether oxygens (including phenoxy) is 1. The molecule has 0 aliphatic heterocycles. The van der Waals surface area contributed by atoms with Gasteiger partial charge in [0.15, 0.2) is 5.60 Å². The number of carboxylic acids is 1. The third-order valence-electron chi connectivity index (χ3n) is 2.69. The van der Waals surface area contributed by atoms with E-state index in [1.165, 1.54) is 0 Å². The summed E-state index contributed by atoms with van der Waals surface area (Å²) in [7, 11) is 0. The molecule has 0 saturated heterocycles. The van der Waals surface area contributed by atoms with Crippen molar-refractivity contribution >= 4 is 5.97 Å². The van der Waals surface area contributed by atoms with Crippen LogP contribution in [0.2, 0.25) is 0 Å². The van der Waals surface area contributed by atoms with Crippen molar-refractivity contribution in [1.29, 1.82) is 0 Å². The lowest BCUT2D eigenvalue weighted by molar-refractivity contribution is -0.187. The van der Waals surface area contributed by atoms with Crippen molar-refractivity contribution in [3.05, 3.63) is 0 Å². The van der Waals surface area contributed by atoms with E-state index < -0.39 is 42.7 Å². The van der Waals surface area contributed by atoms with E-state index in [0.29, 0.717) is 0 Å². The molecular weight excluding hydrogens is 244 g/mol. The van der Waals surface area contributed by atoms with Crippen LogP contribution in [0, 0.1) is 0 Å². The Labute approximate surface area is 106 Å². The summed E-state index contributed by atoms with van der Waals surface area (Å²) in [5.74, 6) is -1.50. The van der Waals surface area contributed by atoms with E-state index in [0.717, 1.165) is 13.2 Å². The molecule has 5 N–H and O–H groups in total. The van der Waals surface area contributed by atoms with E-state index >= 15 is 0 Å². The highest BCUT2D eigenvalue weighted by Gasteiger charge is 2.48. The molecule has 0 amide bonds. The number of carboxylic acid groups (broad SMARTS) is 1. The van der Waals surface area contributed by atoms with Crippen LogP contribution in [-0.4, -0.2) is 68.6 Å². The molecule has 0 bridgehead atoms. The zero-order valence-electron chi connectivity index (χ0n) is 10.6.